The van der Waals surface area contributed by atoms with Gasteiger partial charge < -0.3 is 5.73 Å². The molecule has 1 aliphatic rings. The van der Waals surface area contributed by atoms with E-state index >= 15 is 0 Å². The van der Waals surface area contributed by atoms with Gasteiger partial charge >= 0.3 is 0 Å². The number of halogens is 1. The first-order valence-electron chi connectivity index (χ1n) is 7.70. The minimum absolute atomic E-state index is 0.360. The van der Waals surface area contributed by atoms with Gasteiger partial charge in [-0.05, 0) is 50.5 Å². The van der Waals surface area contributed by atoms with Crippen LogP contribution in [0.3, 0.4) is 0 Å². The summed E-state index contributed by atoms with van der Waals surface area (Å²) in [6, 6.07) is 6.59. The van der Waals surface area contributed by atoms with Crippen LogP contribution in [0.25, 0.3) is 5.69 Å². The minimum Gasteiger partial charge on any atom is -0.328 e. The van der Waals surface area contributed by atoms with E-state index in [-0.39, 0.29) is 0 Å². The van der Waals surface area contributed by atoms with Crippen molar-refractivity contribution < 1.29 is 0 Å². The van der Waals surface area contributed by atoms with Gasteiger partial charge in [-0.15, -0.1) is 5.10 Å². The number of aryl methyl sites for hydroxylation is 1. The average molecular weight is 364 g/mol. The highest BCUT2D eigenvalue weighted by molar-refractivity contribution is 9.10. The van der Waals surface area contributed by atoms with Crippen molar-refractivity contribution in [1.82, 2.24) is 19.9 Å². The summed E-state index contributed by atoms with van der Waals surface area (Å²) in [4.78, 5) is 2.41. The summed E-state index contributed by atoms with van der Waals surface area (Å²) in [5.74, 6) is 0. The second kappa shape index (κ2) is 6.48. The zero-order chi connectivity index (χ0) is 15.7. The molecule has 1 fully saturated rings. The third kappa shape index (κ3) is 3.24. The molecule has 0 radical (unpaired) electrons. The summed E-state index contributed by atoms with van der Waals surface area (Å²) in [5.41, 5.74) is 10.4. The standard InChI is InChI=1S/C16H22BrN5/c1-11-9-14(3-4-15(11)17)22-12(2)16(19-20-22)10-21-7-5-13(18)6-8-21/h3-4,9,13H,5-8,10,18H2,1-2H3. The van der Waals surface area contributed by atoms with Crippen molar-refractivity contribution in [3.05, 3.63) is 39.6 Å². The van der Waals surface area contributed by atoms with Gasteiger partial charge in [0.15, 0.2) is 0 Å². The van der Waals surface area contributed by atoms with Crippen LogP contribution in [-0.2, 0) is 6.54 Å². The first-order chi connectivity index (χ1) is 10.5. The monoisotopic (exact) mass is 363 g/mol. The molecule has 2 N–H and O–H groups in total. The molecule has 0 unspecified atom stereocenters. The molecule has 0 spiro atoms. The molecule has 1 aromatic heterocycles. The van der Waals surface area contributed by atoms with Crippen LogP contribution in [0.4, 0.5) is 0 Å². The minimum atomic E-state index is 0.360. The predicted molar refractivity (Wildman–Crippen MR) is 91.0 cm³/mol. The summed E-state index contributed by atoms with van der Waals surface area (Å²) in [5, 5.41) is 8.72. The van der Waals surface area contributed by atoms with Crippen LogP contribution in [0.15, 0.2) is 22.7 Å². The van der Waals surface area contributed by atoms with Crippen LogP contribution in [0.1, 0.15) is 29.8 Å². The zero-order valence-electron chi connectivity index (χ0n) is 13.1. The number of likely N-dealkylation sites (tertiary alicyclic amines) is 1. The lowest BCUT2D eigenvalue weighted by molar-refractivity contribution is 0.203. The molecule has 1 aliphatic heterocycles. The molecule has 2 heterocycles. The fraction of sp³-hybridized carbons (Fsp3) is 0.500. The number of hydrogen-bond acceptors (Lipinski definition) is 4. The highest BCUT2D eigenvalue weighted by atomic mass is 79.9. The molecule has 1 saturated heterocycles. The molecule has 118 valence electrons. The van der Waals surface area contributed by atoms with Crippen LogP contribution < -0.4 is 5.73 Å². The lowest BCUT2D eigenvalue weighted by atomic mass is 10.1. The summed E-state index contributed by atoms with van der Waals surface area (Å²) >= 11 is 3.53. The molecule has 1 aromatic carbocycles. The Morgan fingerprint density at radius 1 is 1.27 bits per heavy atom. The Hall–Kier alpha value is -1.24. The van der Waals surface area contributed by atoms with Crippen molar-refractivity contribution in [2.45, 2.75) is 39.3 Å². The normalized spacial score (nSPS) is 17.1. The molecule has 22 heavy (non-hydrogen) atoms. The summed E-state index contributed by atoms with van der Waals surface area (Å²) in [6.45, 7) is 7.11. The van der Waals surface area contributed by atoms with Crippen molar-refractivity contribution in [3.8, 4) is 5.69 Å². The molecule has 0 saturated carbocycles. The number of aromatic nitrogens is 3. The van der Waals surface area contributed by atoms with Crippen LogP contribution in [0, 0.1) is 13.8 Å². The number of benzene rings is 1. The Bertz CT molecular complexity index is 659. The van der Waals surface area contributed by atoms with E-state index in [2.05, 4.69) is 63.2 Å². The van der Waals surface area contributed by atoms with Crippen molar-refractivity contribution >= 4 is 15.9 Å². The fourth-order valence-corrected chi connectivity index (χ4v) is 3.08. The topological polar surface area (TPSA) is 60.0 Å². The lowest BCUT2D eigenvalue weighted by Crippen LogP contribution is -2.39. The molecule has 0 atom stereocenters. The number of piperidine rings is 1. The van der Waals surface area contributed by atoms with Gasteiger partial charge in [-0.1, -0.05) is 21.1 Å². The highest BCUT2D eigenvalue weighted by Crippen LogP contribution is 2.21. The molecule has 5 nitrogen and oxygen atoms in total. The van der Waals surface area contributed by atoms with Crippen LogP contribution in [0.2, 0.25) is 0 Å². The molecule has 0 amide bonds. The van der Waals surface area contributed by atoms with Crippen LogP contribution in [-0.4, -0.2) is 39.0 Å². The van der Waals surface area contributed by atoms with Crippen LogP contribution in [0.5, 0.6) is 0 Å². The smallest absolute Gasteiger partial charge is 0.100 e. The number of nitrogens with two attached hydrogens (primary N) is 1. The SMILES string of the molecule is Cc1cc(-n2nnc(CN3CCC(N)CC3)c2C)ccc1Br. The maximum absolute atomic E-state index is 5.96. The molecule has 0 aliphatic carbocycles. The van der Waals surface area contributed by atoms with Gasteiger partial charge in [0.05, 0.1) is 11.4 Å². The summed E-state index contributed by atoms with van der Waals surface area (Å²) in [7, 11) is 0. The van der Waals surface area contributed by atoms with Gasteiger partial charge in [0, 0.05) is 30.1 Å². The van der Waals surface area contributed by atoms with Crippen molar-refractivity contribution in [1.29, 1.82) is 0 Å². The Morgan fingerprint density at radius 2 is 2.00 bits per heavy atom. The molecular formula is C16H22BrN5. The highest BCUT2D eigenvalue weighted by Gasteiger charge is 2.19. The van der Waals surface area contributed by atoms with Gasteiger partial charge in [0.25, 0.3) is 0 Å². The predicted octanol–water partition coefficient (Wildman–Crippen LogP) is 2.57. The van der Waals surface area contributed by atoms with Crippen molar-refractivity contribution in [2.75, 3.05) is 13.1 Å². The van der Waals surface area contributed by atoms with Gasteiger partial charge in [0.1, 0.15) is 5.69 Å². The Labute approximate surface area is 139 Å². The van der Waals surface area contributed by atoms with Gasteiger partial charge in [-0.2, -0.15) is 0 Å². The van der Waals surface area contributed by atoms with E-state index in [1.807, 2.05) is 4.68 Å². The largest absolute Gasteiger partial charge is 0.328 e. The van der Waals surface area contributed by atoms with Gasteiger partial charge in [-0.3, -0.25) is 4.90 Å². The molecule has 0 bridgehead atoms. The molecule has 2 aromatic rings. The maximum Gasteiger partial charge on any atom is 0.100 e. The Morgan fingerprint density at radius 3 is 2.68 bits per heavy atom. The van der Waals surface area contributed by atoms with Crippen LogP contribution >= 0.6 is 15.9 Å². The second-order valence-electron chi connectivity index (χ2n) is 6.08. The number of hydrogen-bond donors (Lipinski definition) is 1. The maximum atomic E-state index is 5.96. The van der Waals surface area contributed by atoms with E-state index in [1.165, 1.54) is 5.56 Å². The quantitative estimate of drug-likeness (QED) is 0.910. The average Bonchev–Trinajstić information content (AvgIpc) is 2.86. The van der Waals surface area contributed by atoms with Crippen molar-refractivity contribution in [2.24, 2.45) is 5.73 Å². The Balaban J connectivity index is 1.78. The van der Waals surface area contributed by atoms with E-state index in [0.717, 1.165) is 54.0 Å². The van der Waals surface area contributed by atoms with E-state index in [1.54, 1.807) is 0 Å². The Kier molecular flexibility index (Phi) is 4.61. The first-order valence-corrected chi connectivity index (χ1v) is 8.49. The van der Waals surface area contributed by atoms with Gasteiger partial charge in [-0.25, -0.2) is 4.68 Å². The first kappa shape index (κ1) is 15.6. The number of nitrogens with zero attached hydrogens (tertiary/aromatic N) is 4. The van der Waals surface area contributed by atoms with E-state index in [0.29, 0.717) is 6.04 Å². The third-order valence-corrected chi connectivity index (χ3v) is 5.27. The zero-order valence-corrected chi connectivity index (χ0v) is 14.7. The summed E-state index contributed by atoms with van der Waals surface area (Å²) < 4.78 is 3.03. The lowest BCUT2D eigenvalue weighted by Gasteiger charge is -2.29. The molecular weight excluding hydrogens is 342 g/mol. The molecule has 6 heteroatoms. The van der Waals surface area contributed by atoms with Crippen molar-refractivity contribution in [3.63, 3.8) is 0 Å². The summed E-state index contributed by atoms with van der Waals surface area (Å²) in [6.07, 6.45) is 2.14. The van der Waals surface area contributed by atoms with Gasteiger partial charge in [0.2, 0.25) is 0 Å². The van der Waals surface area contributed by atoms with E-state index < -0.39 is 0 Å². The molecule has 3 rings (SSSR count). The fourth-order valence-electron chi connectivity index (χ4n) is 2.84. The van der Waals surface area contributed by atoms with E-state index in [4.69, 9.17) is 5.73 Å². The second-order valence-corrected chi connectivity index (χ2v) is 6.93. The van der Waals surface area contributed by atoms with E-state index in [9.17, 15) is 0 Å². The third-order valence-electron chi connectivity index (χ3n) is 4.38. The number of rotatable bonds is 3.